The molecule has 0 spiro atoms. The summed E-state index contributed by atoms with van der Waals surface area (Å²) in [5.74, 6) is 0.712. The molecule has 0 fully saturated rings. The van der Waals surface area contributed by atoms with Gasteiger partial charge in [0.05, 0.1) is 22.4 Å². The van der Waals surface area contributed by atoms with Gasteiger partial charge in [-0.15, -0.1) is 0 Å². The molecule has 0 bridgehead atoms. The molecule has 4 nitrogen and oxygen atoms in total. The van der Waals surface area contributed by atoms with Gasteiger partial charge in [-0.2, -0.15) is 0 Å². The van der Waals surface area contributed by atoms with E-state index in [9.17, 15) is 0 Å². The number of para-hydroxylation sites is 3. The van der Waals surface area contributed by atoms with Gasteiger partial charge < -0.3 is 9.55 Å². The van der Waals surface area contributed by atoms with E-state index < -0.39 is 0 Å². The lowest BCUT2D eigenvalue weighted by Gasteiger charge is -2.11. The molecule has 206 valence electrons. The maximum absolute atomic E-state index is 5.26. The van der Waals surface area contributed by atoms with Gasteiger partial charge in [0.1, 0.15) is 0 Å². The zero-order valence-electron chi connectivity index (χ0n) is 23.8. The van der Waals surface area contributed by atoms with Crippen molar-refractivity contribution in [3.8, 4) is 39.6 Å². The van der Waals surface area contributed by atoms with Gasteiger partial charge in [-0.3, -0.25) is 0 Å². The molecule has 1 N–H and O–H groups in total. The third-order valence-electron chi connectivity index (χ3n) is 8.55. The van der Waals surface area contributed by atoms with Crippen LogP contribution in [0.15, 0.2) is 152 Å². The van der Waals surface area contributed by atoms with Crippen LogP contribution in [0.5, 0.6) is 0 Å². The summed E-state index contributed by atoms with van der Waals surface area (Å²) < 4.78 is 2.34. The Hall–Kier alpha value is -6.00. The molecule has 0 radical (unpaired) electrons. The number of hydrogen-bond donors (Lipinski definition) is 1. The fourth-order valence-corrected chi connectivity index (χ4v) is 6.55. The van der Waals surface area contributed by atoms with Crippen LogP contribution in [0.4, 0.5) is 0 Å². The van der Waals surface area contributed by atoms with Gasteiger partial charge in [0.2, 0.25) is 0 Å². The number of aromatic nitrogens is 4. The summed E-state index contributed by atoms with van der Waals surface area (Å²) in [6.45, 7) is 0. The lowest BCUT2D eigenvalue weighted by atomic mass is 10.0. The van der Waals surface area contributed by atoms with Crippen LogP contribution in [0.25, 0.3) is 83.2 Å². The number of H-pyrrole nitrogens is 1. The largest absolute Gasteiger partial charge is 0.354 e. The SMILES string of the molecule is c1ccc(-c2cc(-c3ccc4c(c3)c3ccccc3n4-c3ccccc3)nc(-c3cccc4[nH]c5ccccc5c34)n2)cc1. The minimum atomic E-state index is 0.712. The number of hydrogen-bond acceptors (Lipinski definition) is 2. The summed E-state index contributed by atoms with van der Waals surface area (Å²) in [6, 6.07) is 53.1. The number of fused-ring (bicyclic) bond motifs is 6. The van der Waals surface area contributed by atoms with E-state index in [0.717, 1.165) is 50.2 Å². The molecular formula is C40H26N4. The first kappa shape index (κ1) is 24.6. The zero-order valence-corrected chi connectivity index (χ0v) is 23.8. The molecule has 0 aliphatic rings. The molecule has 0 aliphatic carbocycles. The average Bonchev–Trinajstić information content (AvgIpc) is 3.64. The maximum atomic E-state index is 5.26. The van der Waals surface area contributed by atoms with E-state index in [1.807, 2.05) is 6.07 Å². The molecule has 3 heterocycles. The molecule has 0 saturated heterocycles. The fraction of sp³-hybridized carbons (Fsp3) is 0. The first-order chi connectivity index (χ1) is 21.8. The van der Waals surface area contributed by atoms with Crippen LogP contribution in [0.2, 0.25) is 0 Å². The quantitative estimate of drug-likeness (QED) is 0.232. The van der Waals surface area contributed by atoms with Gasteiger partial charge in [-0.1, -0.05) is 103 Å². The Kier molecular flexibility index (Phi) is 5.47. The van der Waals surface area contributed by atoms with Crippen molar-refractivity contribution >= 4 is 43.6 Å². The lowest BCUT2D eigenvalue weighted by Crippen LogP contribution is -1.96. The highest BCUT2D eigenvalue weighted by Gasteiger charge is 2.17. The van der Waals surface area contributed by atoms with E-state index in [1.165, 1.54) is 27.2 Å². The summed E-state index contributed by atoms with van der Waals surface area (Å²) in [5, 5.41) is 4.72. The predicted molar refractivity (Wildman–Crippen MR) is 182 cm³/mol. The highest BCUT2D eigenvalue weighted by molar-refractivity contribution is 6.14. The Morgan fingerprint density at radius 2 is 1.11 bits per heavy atom. The Morgan fingerprint density at radius 3 is 1.95 bits per heavy atom. The van der Waals surface area contributed by atoms with Crippen LogP contribution in [0, 0.1) is 0 Å². The summed E-state index contributed by atoms with van der Waals surface area (Å²) in [5.41, 5.74) is 10.6. The summed E-state index contributed by atoms with van der Waals surface area (Å²) in [7, 11) is 0. The van der Waals surface area contributed by atoms with Crippen LogP contribution in [0.1, 0.15) is 0 Å². The van der Waals surface area contributed by atoms with Crippen LogP contribution < -0.4 is 0 Å². The van der Waals surface area contributed by atoms with E-state index in [4.69, 9.17) is 9.97 Å². The van der Waals surface area contributed by atoms with Gasteiger partial charge >= 0.3 is 0 Å². The molecule has 0 atom stereocenters. The Labute approximate surface area is 253 Å². The second kappa shape index (κ2) is 9.79. The summed E-state index contributed by atoms with van der Waals surface area (Å²) in [6.07, 6.45) is 0. The maximum Gasteiger partial charge on any atom is 0.161 e. The standard InChI is InChI=1S/C40H26N4/c1-3-12-26(13-4-1)35-25-36(43-40(42-35)31-18-11-20-34-39(31)30-17-7-9-19-33(30)41-34)27-22-23-38-32(24-27)29-16-8-10-21-37(29)44(38)28-14-5-2-6-15-28/h1-25,41H. The second-order valence-corrected chi connectivity index (χ2v) is 11.1. The smallest absolute Gasteiger partial charge is 0.161 e. The molecule has 4 heteroatoms. The third kappa shape index (κ3) is 3.85. The molecule has 3 aromatic heterocycles. The summed E-state index contributed by atoms with van der Waals surface area (Å²) in [4.78, 5) is 14.0. The van der Waals surface area contributed by atoms with E-state index in [1.54, 1.807) is 0 Å². The molecular weight excluding hydrogens is 536 g/mol. The van der Waals surface area contributed by atoms with E-state index in [-0.39, 0.29) is 0 Å². The van der Waals surface area contributed by atoms with Crippen LogP contribution in [-0.4, -0.2) is 19.5 Å². The van der Waals surface area contributed by atoms with Crippen molar-refractivity contribution in [3.63, 3.8) is 0 Å². The van der Waals surface area contributed by atoms with Crippen LogP contribution >= 0.6 is 0 Å². The summed E-state index contributed by atoms with van der Waals surface area (Å²) >= 11 is 0. The molecule has 9 aromatic rings. The fourth-order valence-electron chi connectivity index (χ4n) is 6.55. The lowest BCUT2D eigenvalue weighted by molar-refractivity contribution is 1.18. The van der Waals surface area contributed by atoms with Crippen molar-refractivity contribution in [2.24, 2.45) is 0 Å². The van der Waals surface area contributed by atoms with Gasteiger partial charge in [0, 0.05) is 55.0 Å². The van der Waals surface area contributed by atoms with Crippen molar-refractivity contribution < 1.29 is 0 Å². The first-order valence-corrected chi connectivity index (χ1v) is 14.9. The Morgan fingerprint density at radius 1 is 0.455 bits per heavy atom. The van der Waals surface area contributed by atoms with Gasteiger partial charge in [0.15, 0.2) is 5.82 Å². The normalized spacial score (nSPS) is 11.6. The molecule has 0 saturated carbocycles. The second-order valence-electron chi connectivity index (χ2n) is 11.1. The minimum Gasteiger partial charge on any atom is -0.354 e. The molecule has 0 amide bonds. The third-order valence-corrected chi connectivity index (χ3v) is 8.55. The van der Waals surface area contributed by atoms with Crippen LogP contribution in [0.3, 0.4) is 0 Å². The topological polar surface area (TPSA) is 46.5 Å². The molecule has 6 aromatic carbocycles. The molecule has 0 unspecified atom stereocenters. The van der Waals surface area contributed by atoms with Crippen molar-refractivity contribution in [2.75, 3.05) is 0 Å². The van der Waals surface area contributed by atoms with Crippen molar-refractivity contribution in [2.45, 2.75) is 0 Å². The highest BCUT2D eigenvalue weighted by Crippen LogP contribution is 2.38. The Balaban J connectivity index is 1.30. The van der Waals surface area contributed by atoms with Gasteiger partial charge in [-0.05, 0) is 48.5 Å². The van der Waals surface area contributed by atoms with Gasteiger partial charge in [-0.25, -0.2) is 9.97 Å². The highest BCUT2D eigenvalue weighted by atomic mass is 15.0. The Bertz CT molecular complexity index is 2490. The number of benzene rings is 6. The van der Waals surface area contributed by atoms with Crippen molar-refractivity contribution in [1.29, 1.82) is 0 Å². The van der Waals surface area contributed by atoms with Crippen molar-refractivity contribution in [1.82, 2.24) is 19.5 Å². The van der Waals surface area contributed by atoms with Gasteiger partial charge in [0.25, 0.3) is 0 Å². The number of nitrogens with one attached hydrogen (secondary N) is 1. The number of nitrogens with zero attached hydrogens (tertiary/aromatic N) is 3. The van der Waals surface area contributed by atoms with Crippen molar-refractivity contribution in [3.05, 3.63) is 152 Å². The molecule has 0 aliphatic heterocycles. The zero-order chi connectivity index (χ0) is 29.0. The van der Waals surface area contributed by atoms with E-state index >= 15 is 0 Å². The first-order valence-electron chi connectivity index (χ1n) is 14.9. The molecule has 9 rings (SSSR count). The number of aromatic amines is 1. The van der Waals surface area contributed by atoms with E-state index in [0.29, 0.717) is 5.82 Å². The van der Waals surface area contributed by atoms with E-state index in [2.05, 4.69) is 155 Å². The van der Waals surface area contributed by atoms with Crippen LogP contribution in [-0.2, 0) is 0 Å². The minimum absolute atomic E-state index is 0.712. The monoisotopic (exact) mass is 562 g/mol. The number of rotatable bonds is 4. The average molecular weight is 563 g/mol. The molecule has 44 heavy (non-hydrogen) atoms. The predicted octanol–water partition coefficient (Wildman–Crippen LogP) is 10.2.